The highest BCUT2D eigenvalue weighted by atomic mass is 32.2. The molecule has 0 saturated heterocycles. The zero-order chi connectivity index (χ0) is 14.4. The third kappa shape index (κ3) is 3.89. The molecular formula is C11H17N5O3S. The molecule has 0 aliphatic rings. The van der Waals surface area contributed by atoms with Crippen molar-refractivity contribution in [3.05, 3.63) is 30.3 Å². The van der Waals surface area contributed by atoms with Gasteiger partial charge < -0.3 is 9.73 Å². The number of hydrogen-bond acceptors (Lipinski definition) is 6. The van der Waals surface area contributed by atoms with Gasteiger partial charge in [-0.25, -0.2) is 13.1 Å². The first kappa shape index (κ1) is 14.7. The Bertz CT molecular complexity index is 620. The lowest BCUT2D eigenvalue weighted by Crippen LogP contribution is -2.25. The molecule has 2 N–H and O–H groups in total. The molecule has 2 rings (SSSR count). The van der Waals surface area contributed by atoms with Crippen molar-refractivity contribution in [1.29, 1.82) is 0 Å². The molecule has 0 aliphatic carbocycles. The molecule has 2 aromatic heterocycles. The van der Waals surface area contributed by atoms with E-state index in [-0.39, 0.29) is 5.09 Å². The Morgan fingerprint density at radius 3 is 2.95 bits per heavy atom. The quantitative estimate of drug-likeness (QED) is 0.663. The maximum Gasteiger partial charge on any atom is 0.273 e. The Kier molecular flexibility index (Phi) is 4.88. The van der Waals surface area contributed by atoms with Gasteiger partial charge in [-0.05, 0) is 25.6 Å². The van der Waals surface area contributed by atoms with Crippen LogP contribution in [-0.2, 0) is 23.1 Å². The first-order valence-corrected chi connectivity index (χ1v) is 7.67. The van der Waals surface area contributed by atoms with Crippen LogP contribution in [0.5, 0.6) is 0 Å². The highest BCUT2D eigenvalue weighted by Crippen LogP contribution is 2.13. The van der Waals surface area contributed by atoms with E-state index in [1.165, 1.54) is 6.07 Å². The van der Waals surface area contributed by atoms with Crippen molar-refractivity contribution in [2.45, 2.75) is 24.6 Å². The number of furan rings is 1. The van der Waals surface area contributed by atoms with Crippen molar-refractivity contribution in [3.63, 3.8) is 0 Å². The van der Waals surface area contributed by atoms with E-state index < -0.39 is 10.0 Å². The van der Waals surface area contributed by atoms with Gasteiger partial charge in [0.25, 0.3) is 10.0 Å². The average Bonchev–Trinajstić information content (AvgIpc) is 3.06. The topological polar surface area (TPSA) is 102 Å². The van der Waals surface area contributed by atoms with Crippen molar-refractivity contribution in [2.75, 3.05) is 13.6 Å². The zero-order valence-electron chi connectivity index (χ0n) is 11.1. The van der Waals surface area contributed by atoms with Crippen LogP contribution in [0, 0.1) is 0 Å². The summed E-state index contributed by atoms with van der Waals surface area (Å²) in [6.07, 6.45) is 3.92. The van der Waals surface area contributed by atoms with Crippen LogP contribution >= 0.6 is 0 Å². The molecule has 0 saturated carbocycles. The lowest BCUT2D eigenvalue weighted by Gasteiger charge is -2.04. The number of rotatable bonds is 8. The first-order valence-electron chi connectivity index (χ1n) is 6.19. The number of aryl methyl sites for hydroxylation is 1. The van der Waals surface area contributed by atoms with Crippen LogP contribution in [0.15, 0.2) is 34.0 Å². The summed E-state index contributed by atoms with van der Waals surface area (Å²) < 4.78 is 33.3. The largest absolute Gasteiger partial charge is 0.447 e. The normalized spacial score (nSPS) is 11.8. The monoisotopic (exact) mass is 299 g/mol. The van der Waals surface area contributed by atoms with E-state index in [0.717, 1.165) is 0 Å². The molecule has 0 bridgehead atoms. The van der Waals surface area contributed by atoms with E-state index in [0.29, 0.717) is 31.8 Å². The average molecular weight is 299 g/mol. The molecule has 2 heterocycles. The fraction of sp³-hybridized carbons (Fsp3) is 0.455. The molecule has 0 aromatic carbocycles. The molecule has 8 nitrogen and oxygen atoms in total. The summed E-state index contributed by atoms with van der Waals surface area (Å²) in [5.41, 5.74) is 0. The molecule has 2 aromatic rings. The molecule has 0 spiro atoms. The molecule has 9 heteroatoms. The number of aromatic nitrogens is 3. The minimum Gasteiger partial charge on any atom is -0.447 e. The van der Waals surface area contributed by atoms with Gasteiger partial charge in [0.15, 0.2) is 0 Å². The van der Waals surface area contributed by atoms with Gasteiger partial charge >= 0.3 is 0 Å². The summed E-state index contributed by atoms with van der Waals surface area (Å²) in [6.45, 7) is 1.40. The van der Waals surface area contributed by atoms with Gasteiger partial charge in [-0.15, -0.1) is 5.10 Å². The fourth-order valence-corrected chi connectivity index (χ4v) is 2.66. The predicted molar refractivity (Wildman–Crippen MR) is 71.3 cm³/mol. The van der Waals surface area contributed by atoms with E-state index in [2.05, 4.69) is 20.4 Å². The van der Waals surface area contributed by atoms with E-state index in [4.69, 9.17) is 4.42 Å². The van der Waals surface area contributed by atoms with Crippen LogP contribution in [0.2, 0.25) is 0 Å². The highest BCUT2D eigenvalue weighted by Gasteiger charge is 2.17. The van der Waals surface area contributed by atoms with Crippen molar-refractivity contribution in [1.82, 2.24) is 25.0 Å². The third-order valence-corrected chi connectivity index (χ3v) is 3.91. The number of nitrogens with zero attached hydrogens (tertiary/aromatic N) is 3. The lowest BCUT2D eigenvalue weighted by molar-refractivity contribution is 0.404. The second-order valence-electron chi connectivity index (χ2n) is 4.17. The number of nitrogens with one attached hydrogen (secondary N) is 2. The van der Waals surface area contributed by atoms with Gasteiger partial charge in [0.05, 0.1) is 12.7 Å². The molecular weight excluding hydrogens is 282 g/mol. The molecule has 0 aliphatic heterocycles. The third-order valence-electron chi connectivity index (χ3n) is 2.58. The number of sulfonamides is 1. The minimum absolute atomic E-state index is 0.0662. The van der Waals surface area contributed by atoms with Crippen LogP contribution in [-0.4, -0.2) is 37.0 Å². The smallest absolute Gasteiger partial charge is 0.273 e. The SMILES string of the molecule is CNCc1ccc(S(=O)(=O)NCCCn2ccnn2)o1. The molecule has 0 unspecified atom stereocenters. The second kappa shape index (κ2) is 6.64. The van der Waals surface area contributed by atoms with Gasteiger partial charge in [-0.2, -0.15) is 0 Å². The van der Waals surface area contributed by atoms with Gasteiger partial charge in [0, 0.05) is 19.3 Å². The Balaban J connectivity index is 1.83. The van der Waals surface area contributed by atoms with Gasteiger partial charge in [0.2, 0.25) is 5.09 Å². The van der Waals surface area contributed by atoms with Crippen molar-refractivity contribution in [3.8, 4) is 0 Å². The van der Waals surface area contributed by atoms with Crippen molar-refractivity contribution in [2.24, 2.45) is 0 Å². The summed E-state index contributed by atoms with van der Waals surface area (Å²) in [7, 11) is -1.83. The summed E-state index contributed by atoms with van der Waals surface area (Å²) in [5, 5.41) is 10.3. The van der Waals surface area contributed by atoms with Crippen molar-refractivity contribution >= 4 is 10.0 Å². The van der Waals surface area contributed by atoms with Crippen LogP contribution in [0.3, 0.4) is 0 Å². The Morgan fingerprint density at radius 2 is 2.25 bits per heavy atom. The van der Waals surface area contributed by atoms with Gasteiger partial charge in [0.1, 0.15) is 5.76 Å². The van der Waals surface area contributed by atoms with E-state index in [1.807, 2.05) is 0 Å². The minimum atomic E-state index is -3.59. The number of hydrogen-bond donors (Lipinski definition) is 2. The van der Waals surface area contributed by atoms with Crippen LogP contribution in [0.4, 0.5) is 0 Å². The first-order chi connectivity index (χ1) is 9.62. The molecule has 0 fully saturated rings. The van der Waals surface area contributed by atoms with Gasteiger partial charge in [-0.3, -0.25) is 4.68 Å². The zero-order valence-corrected chi connectivity index (χ0v) is 11.9. The fourth-order valence-electron chi connectivity index (χ4n) is 1.64. The Labute approximate surface area is 117 Å². The van der Waals surface area contributed by atoms with Gasteiger partial charge in [-0.1, -0.05) is 5.21 Å². The van der Waals surface area contributed by atoms with E-state index in [9.17, 15) is 8.42 Å². The maximum atomic E-state index is 12.0. The maximum absolute atomic E-state index is 12.0. The standard InChI is InChI=1S/C11H17N5O3S/c1-12-9-10-3-4-11(19-10)20(17,18)14-5-2-7-16-8-6-13-15-16/h3-4,6,8,12,14H,2,5,7,9H2,1H3. The predicted octanol–water partition coefficient (Wildman–Crippen LogP) is -0.0409. The van der Waals surface area contributed by atoms with E-state index >= 15 is 0 Å². The highest BCUT2D eigenvalue weighted by molar-refractivity contribution is 7.89. The second-order valence-corrected chi connectivity index (χ2v) is 5.87. The van der Waals surface area contributed by atoms with Crippen LogP contribution < -0.4 is 10.0 Å². The Hall–Kier alpha value is -1.71. The lowest BCUT2D eigenvalue weighted by atomic mass is 10.4. The van der Waals surface area contributed by atoms with Crippen LogP contribution in [0.1, 0.15) is 12.2 Å². The molecule has 0 amide bonds. The van der Waals surface area contributed by atoms with Crippen LogP contribution in [0.25, 0.3) is 0 Å². The Morgan fingerprint density at radius 1 is 1.40 bits per heavy atom. The van der Waals surface area contributed by atoms with Crippen molar-refractivity contribution < 1.29 is 12.8 Å². The molecule has 0 atom stereocenters. The molecule has 20 heavy (non-hydrogen) atoms. The molecule has 110 valence electrons. The summed E-state index contributed by atoms with van der Waals surface area (Å²) in [4.78, 5) is 0. The summed E-state index contributed by atoms with van der Waals surface area (Å²) in [6, 6.07) is 3.09. The van der Waals surface area contributed by atoms with E-state index in [1.54, 1.807) is 30.2 Å². The molecule has 0 radical (unpaired) electrons. The summed E-state index contributed by atoms with van der Waals surface area (Å²) >= 11 is 0. The summed E-state index contributed by atoms with van der Waals surface area (Å²) in [5.74, 6) is 0.579.